The van der Waals surface area contributed by atoms with Gasteiger partial charge in [-0.15, -0.1) is 0 Å². The van der Waals surface area contributed by atoms with Crippen LogP contribution < -0.4 is 5.01 Å². The Morgan fingerprint density at radius 3 is 2.24 bits per heavy atom. The number of rotatable bonds is 5. The monoisotopic (exact) mass is 276 g/mol. The van der Waals surface area contributed by atoms with Gasteiger partial charge in [0, 0.05) is 0 Å². The molecule has 0 bridgehead atoms. The van der Waals surface area contributed by atoms with Gasteiger partial charge in [0.25, 0.3) is 0 Å². The Kier molecular flexibility index (Phi) is 4.12. The second-order valence-electron chi connectivity index (χ2n) is 4.64. The van der Waals surface area contributed by atoms with Gasteiger partial charge in [-0.05, 0) is 29.8 Å². The summed E-state index contributed by atoms with van der Waals surface area (Å²) in [6.45, 7) is 0.710. The summed E-state index contributed by atoms with van der Waals surface area (Å²) in [5.74, 6) is 0.740. The highest BCUT2D eigenvalue weighted by molar-refractivity contribution is 5.76. The van der Waals surface area contributed by atoms with Crippen molar-refractivity contribution in [3.05, 3.63) is 90.4 Å². The smallest absolute Gasteiger partial charge is 0.146 e. The maximum absolute atomic E-state index is 5.29. The lowest BCUT2D eigenvalue weighted by molar-refractivity contribution is 0.559. The van der Waals surface area contributed by atoms with Crippen molar-refractivity contribution >= 4 is 11.9 Å². The molecule has 0 aliphatic heterocycles. The molecule has 0 fully saturated rings. The summed E-state index contributed by atoms with van der Waals surface area (Å²) in [5.41, 5.74) is 2.25. The first kappa shape index (κ1) is 13.2. The van der Waals surface area contributed by atoms with Crippen LogP contribution in [0, 0.1) is 0 Å². The van der Waals surface area contributed by atoms with Crippen LogP contribution in [0.4, 0.5) is 5.69 Å². The molecule has 0 atom stereocenters. The van der Waals surface area contributed by atoms with E-state index in [1.807, 2.05) is 65.7 Å². The Bertz CT molecular complexity index is 676. The topological polar surface area (TPSA) is 28.7 Å². The van der Waals surface area contributed by atoms with E-state index in [9.17, 15) is 0 Å². The van der Waals surface area contributed by atoms with Gasteiger partial charge in [-0.25, -0.2) is 0 Å². The molecule has 0 saturated carbocycles. The highest BCUT2D eigenvalue weighted by Gasteiger charge is 2.05. The molecule has 1 aromatic heterocycles. The summed E-state index contributed by atoms with van der Waals surface area (Å²) < 4.78 is 5.29. The van der Waals surface area contributed by atoms with E-state index >= 15 is 0 Å². The molecular formula is C18H16N2O. The van der Waals surface area contributed by atoms with Crippen molar-refractivity contribution in [1.82, 2.24) is 0 Å². The molecule has 21 heavy (non-hydrogen) atoms. The third kappa shape index (κ3) is 3.60. The zero-order chi connectivity index (χ0) is 14.3. The fraction of sp³-hybridized carbons (Fsp3) is 0.0556. The molecule has 0 aliphatic rings. The van der Waals surface area contributed by atoms with Crippen molar-refractivity contribution in [3.63, 3.8) is 0 Å². The van der Waals surface area contributed by atoms with E-state index in [2.05, 4.69) is 17.2 Å². The number of hydrogen-bond donors (Lipinski definition) is 0. The van der Waals surface area contributed by atoms with Crippen LogP contribution in [0.15, 0.2) is 88.6 Å². The van der Waals surface area contributed by atoms with Crippen LogP contribution in [0.1, 0.15) is 11.3 Å². The molecule has 3 aromatic rings. The third-order valence-corrected chi connectivity index (χ3v) is 3.10. The molecular weight excluding hydrogens is 260 g/mol. The van der Waals surface area contributed by atoms with Crippen molar-refractivity contribution in [2.24, 2.45) is 5.10 Å². The first-order chi connectivity index (χ1) is 10.4. The quantitative estimate of drug-likeness (QED) is 0.513. The average Bonchev–Trinajstić information content (AvgIpc) is 3.07. The number of hydrazone groups is 1. The Labute approximate surface area is 124 Å². The van der Waals surface area contributed by atoms with Gasteiger partial charge < -0.3 is 4.42 Å². The summed E-state index contributed by atoms with van der Waals surface area (Å²) in [6, 6.07) is 24.1. The summed E-state index contributed by atoms with van der Waals surface area (Å²) in [6.07, 6.45) is 3.38. The number of hydrogen-bond acceptors (Lipinski definition) is 3. The van der Waals surface area contributed by atoms with E-state index in [-0.39, 0.29) is 0 Å². The Morgan fingerprint density at radius 2 is 1.57 bits per heavy atom. The van der Waals surface area contributed by atoms with E-state index < -0.39 is 0 Å². The van der Waals surface area contributed by atoms with E-state index in [0.717, 1.165) is 11.4 Å². The molecule has 0 amide bonds. The number of para-hydroxylation sites is 1. The first-order valence-corrected chi connectivity index (χ1v) is 6.86. The molecule has 2 aromatic carbocycles. The zero-order valence-corrected chi connectivity index (χ0v) is 11.6. The van der Waals surface area contributed by atoms with Gasteiger partial charge >= 0.3 is 0 Å². The standard InChI is InChI=1S/C18H16N2O/c1-3-8-16(9-4-1)15-20(17-10-5-2-6-11-17)19-14-18-12-7-13-21-18/h1-14H,15H2/b19-14-. The SMILES string of the molecule is C(=N/N(Cc1ccccc1)c1ccccc1)/c1ccco1. The summed E-state index contributed by atoms with van der Waals surface area (Å²) in [5, 5.41) is 6.50. The van der Waals surface area contributed by atoms with Crippen molar-refractivity contribution in [2.75, 3.05) is 5.01 Å². The molecule has 0 aliphatic carbocycles. The summed E-state index contributed by atoms with van der Waals surface area (Å²) in [7, 11) is 0. The van der Waals surface area contributed by atoms with E-state index in [1.54, 1.807) is 12.5 Å². The van der Waals surface area contributed by atoms with E-state index in [0.29, 0.717) is 6.54 Å². The minimum absolute atomic E-state index is 0.710. The maximum Gasteiger partial charge on any atom is 0.146 e. The zero-order valence-electron chi connectivity index (χ0n) is 11.6. The average molecular weight is 276 g/mol. The lowest BCUT2D eigenvalue weighted by Crippen LogP contribution is -2.15. The minimum Gasteiger partial charge on any atom is -0.463 e. The van der Waals surface area contributed by atoms with Crippen molar-refractivity contribution in [1.29, 1.82) is 0 Å². The number of furan rings is 1. The van der Waals surface area contributed by atoms with Crippen LogP contribution >= 0.6 is 0 Å². The van der Waals surface area contributed by atoms with Gasteiger partial charge in [-0.1, -0.05) is 48.5 Å². The van der Waals surface area contributed by atoms with Crippen LogP contribution in [0.3, 0.4) is 0 Å². The number of benzene rings is 2. The molecule has 0 radical (unpaired) electrons. The molecule has 0 spiro atoms. The maximum atomic E-state index is 5.29. The molecule has 3 rings (SSSR count). The third-order valence-electron chi connectivity index (χ3n) is 3.10. The van der Waals surface area contributed by atoms with Crippen LogP contribution in [-0.2, 0) is 6.54 Å². The normalized spacial score (nSPS) is 10.9. The van der Waals surface area contributed by atoms with Crippen LogP contribution in [-0.4, -0.2) is 6.21 Å². The van der Waals surface area contributed by atoms with Crippen LogP contribution in [0.25, 0.3) is 0 Å². The predicted octanol–water partition coefficient (Wildman–Crippen LogP) is 4.32. The minimum atomic E-state index is 0.710. The van der Waals surface area contributed by atoms with Crippen molar-refractivity contribution in [2.45, 2.75) is 6.54 Å². The van der Waals surface area contributed by atoms with Gasteiger partial charge in [0.05, 0.1) is 24.7 Å². The lowest BCUT2D eigenvalue weighted by atomic mass is 10.2. The highest BCUT2D eigenvalue weighted by Crippen LogP contribution is 2.17. The molecule has 0 N–H and O–H groups in total. The summed E-state index contributed by atoms with van der Waals surface area (Å²) >= 11 is 0. The van der Waals surface area contributed by atoms with Gasteiger partial charge in [-0.2, -0.15) is 5.10 Å². The first-order valence-electron chi connectivity index (χ1n) is 6.86. The fourth-order valence-corrected chi connectivity index (χ4v) is 2.05. The molecule has 3 nitrogen and oxygen atoms in total. The highest BCUT2D eigenvalue weighted by atomic mass is 16.3. The van der Waals surface area contributed by atoms with Gasteiger partial charge in [0.15, 0.2) is 0 Å². The second kappa shape index (κ2) is 6.57. The molecule has 3 heteroatoms. The predicted molar refractivity (Wildman–Crippen MR) is 85.4 cm³/mol. The second-order valence-corrected chi connectivity index (χ2v) is 4.64. The molecule has 0 saturated heterocycles. The van der Waals surface area contributed by atoms with Crippen LogP contribution in [0.2, 0.25) is 0 Å². The molecule has 0 unspecified atom stereocenters. The van der Waals surface area contributed by atoms with Gasteiger partial charge in [-0.3, -0.25) is 5.01 Å². The van der Waals surface area contributed by atoms with Crippen molar-refractivity contribution < 1.29 is 4.42 Å². The molecule has 104 valence electrons. The van der Waals surface area contributed by atoms with E-state index in [1.165, 1.54) is 5.56 Å². The Hall–Kier alpha value is -2.81. The number of nitrogens with zero attached hydrogens (tertiary/aromatic N) is 2. The van der Waals surface area contributed by atoms with Gasteiger partial charge in [0.1, 0.15) is 5.76 Å². The number of anilines is 1. The lowest BCUT2D eigenvalue weighted by Gasteiger charge is -2.19. The largest absolute Gasteiger partial charge is 0.463 e. The van der Waals surface area contributed by atoms with Crippen molar-refractivity contribution in [3.8, 4) is 0 Å². The summed E-state index contributed by atoms with van der Waals surface area (Å²) in [4.78, 5) is 0. The Balaban J connectivity index is 1.84. The Morgan fingerprint density at radius 1 is 0.857 bits per heavy atom. The van der Waals surface area contributed by atoms with Gasteiger partial charge in [0.2, 0.25) is 0 Å². The van der Waals surface area contributed by atoms with Crippen LogP contribution in [0.5, 0.6) is 0 Å². The fourth-order valence-electron chi connectivity index (χ4n) is 2.05. The molecule has 1 heterocycles. The van der Waals surface area contributed by atoms with E-state index in [4.69, 9.17) is 4.42 Å².